The Morgan fingerprint density at radius 1 is 1.32 bits per heavy atom. The summed E-state index contributed by atoms with van der Waals surface area (Å²) in [6.07, 6.45) is 0.243. The lowest BCUT2D eigenvalue weighted by molar-refractivity contribution is -0.122. The first kappa shape index (κ1) is 19.0. The second-order valence-corrected chi connectivity index (χ2v) is 6.35. The van der Waals surface area contributed by atoms with Crippen molar-refractivity contribution in [2.75, 3.05) is 7.11 Å². The lowest BCUT2D eigenvalue weighted by Gasteiger charge is -2.21. The lowest BCUT2D eigenvalue weighted by Crippen LogP contribution is -2.37. The Balaban J connectivity index is 1.90. The van der Waals surface area contributed by atoms with E-state index < -0.39 is 6.10 Å². The van der Waals surface area contributed by atoms with Crippen molar-refractivity contribution in [1.82, 2.24) is 15.1 Å². The van der Waals surface area contributed by atoms with Gasteiger partial charge in [-0.15, -0.1) is 0 Å². The maximum atomic E-state index is 12.2. The number of aromatic nitrogens is 2. The van der Waals surface area contributed by atoms with Crippen molar-refractivity contribution in [3.8, 4) is 5.75 Å². The predicted molar refractivity (Wildman–Crippen MR) is 96.6 cm³/mol. The number of nitrogens with zero attached hydrogens (tertiary/aromatic N) is 2. The Kier molecular flexibility index (Phi) is 6.20. The van der Waals surface area contributed by atoms with Gasteiger partial charge in [0, 0.05) is 19.2 Å². The van der Waals surface area contributed by atoms with E-state index in [-0.39, 0.29) is 11.9 Å². The standard InChI is InChI=1S/C19H27N3O3/c1-12-17(14(3)22(4)21-12)10-11-18(23)20-13(2)19(24)15-6-8-16(25-5)9-7-15/h6-9,13,19,24H,10-11H2,1-5H3,(H,20,23). The number of nitrogens with one attached hydrogen (secondary N) is 1. The molecule has 0 fully saturated rings. The van der Waals surface area contributed by atoms with E-state index in [1.165, 1.54) is 0 Å². The van der Waals surface area contributed by atoms with Gasteiger partial charge in [0.15, 0.2) is 0 Å². The summed E-state index contributed by atoms with van der Waals surface area (Å²) in [6, 6.07) is 6.81. The van der Waals surface area contributed by atoms with Gasteiger partial charge in [-0.25, -0.2) is 0 Å². The molecule has 136 valence electrons. The monoisotopic (exact) mass is 345 g/mol. The fraction of sp³-hybridized carbons (Fsp3) is 0.474. The number of carbonyl (C=O) groups is 1. The molecule has 0 aliphatic heterocycles. The first-order valence-electron chi connectivity index (χ1n) is 8.44. The molecule has 2 rings (SSSR count). The summed E-state index contributed by atoms with van der Waals surface area (Å²) in [7, 11) is 3.50. The van der Waals surface area contributed by atoms with E-state index in [1.54, 1.807) is 38.3 Å². The molecule has 0 saturated heterocycles. The first-order valence-corrected chi connectivity index (χ1v) is 8.44. The smallest absolute Gasteiger partial charge is 0.220 e. The molecular formula is C19H27N3O3. The molecule has 2 atom stereocenters. The Morgan fingerprint density at radius 3 is 2.48 bits per heavy atom. The molecule has 2 N–H and O–H groups in total. The molecule has 0 aliphatic rings. The van der Waals surface area contributed by atoms with Crippen LogP contribution < -0.4 is 10.1 Å². The van der Waals surface area contributed by atoms with Crippen LogP contribution in [0, 0.1) is 13.8 Å². The highest BCUT2D eigenvalue weighted by Gasteiger charge is 2.19. The highest BCUT2D eigenvalue weighted by molar-refractivity contribution is 5.76. The van der Waals surface area contributed by atoms with Crippen molar-refractivity contribution in [3.63, 3.8) is 0 Å². The predicted octanol–water partition coefficient (Wildman–Crippen LogP) is 2.22. The van der Waals surface area contributed by atoms with Crippen LogP contribution in [0.25, 0.3) is 0 Å². The van der Waals surface area contributed by atoms with Crippen LogP contribution in [0.3, 0.4) is 0 Å². The summed E-state index contributed by atoms with van der Waals surface area (Å²) in [6.45, 7) is 5.76. The normalized spacial score (nSPS) is 13.4. The first-order chi connectivity index (χ1) is 11.8. The summed E-state index contributed by atoms with van der Waals surface area (Å²) in [5, 5.41) is 17.7. The Morgan fingerprint density at radius 2 is 1.96 bits per heavy atom. The lowest BCUT2D eigenvalue weighted by atomic mass is 10.0. The highest BCUT2D eigenvalue weighted by Crippen LogP contribution is 2.20. The molecule has 1 aromatic heterocycles. The summed E-state index contributed by atoms with van der Waals surface area (Å²) < 4.78 is 6.94. The number of benzene rings is 1. The molecule has 0 radical (unpaired) electrons. The molecule has 2 aromatic rings. The second-order valence-electron chi connectivity index (χ2n) is 6.35. The summed E-state index contributed by atoms with van der Waals surface area (Å²) in [4.78, 5) is 12.2. The molecule has 1 amide bonds. The van der Waals surface area contributed by atoms with Crippen LogP contribution in [-0.4, -0.2) is 33.9 Å². The molecule has 0 saturated carbocycles. The SMILES string of the molecule is COc1ccc(C(O)C(C)NC(=O)CCc2c(C)nn(C)c2C)cc1. The zero-order chi connectivity index (χ0) is 18.6. The van der Waals surface area contributed by atoms with Crippen molar-refractivity contribution >= 4 is 5.91 Å². The van der Waals surface area contributed by atoms with Gasteiger partial charge in [-0.2, -0.15) is 5.10 Å². The number of aliphatic hydroxyl groups is 1. The van der Waals surface area contributed by atoms with E-state index in [0.29, 0.717) is 12.8 Å². The van der Waals surface area contributed by atoms with Crippen LogP contribution in [0.5, 0.6) is 5.75 Å². The fourth-order valence-corrected chi connectivity index (χ4v) is 2.91. The zero-order valence-electron chi connectivity index (χ0n) is 15.5. The molecule has 6 heteroatoms. The number of hydrogen-bond acceptors (Lipinski definition) is 4. The van der Waals surface area contributed by atoms with E-state index in [1.807, 2.05) is 25.6 Å². The second kappa shape index (κ2) is 8.16. The molecule has 0 aliphatic carbocycles. The number of ether oxygens (including phenoxy) is 1. The van der Waals surface area contributed by atoms with Gasteiger partial charge in [-0.1, -0.05) is 12.1 Å². The van der Waals surface area contributed by atoms with E-state index in [0.717, 1.165) is 28.3 Å². The number of methoxy groups -OCH3 is 1. The maximum Gasteiger partial charge on any atom is 0.220 e. The third kappa shape index (κ3) is 4.60. The zero-order valence-corrected chi connectivity index (χ0v) is 15.5. The number of rotatable bonds is 7. The number of carbonyl (C=O) groups excluding carboxylic acids is 1. The minimum atomic E-state index is -0.767. The van der Waals surface area contributed by atoms with Crippen molar-refractivity contribution in [2.24, 2.45) is 7.05 Å². The van der Waals surface area contributed by atoms with Gasteiger partial charge in [0.2, 0.25) is 5.91 Å². The topological polar surface area (TPSA) is 76.4 Å². The van der Waals surface area contributed by atoms with Gasteiger partial charge in [0.1, 0.15) is 5.75 Å². The van der Waals surface area contributed by atoms with Gasteiger partial charge in [-0.3, -0.25) is 9.48 Å². The molecule has 0 bridgehead atoms. The van der Waals surface area contributed by atoms with Gasteiger partial charge in [0.05, 0.1) is 24.9 Å². The molecule has 2 unspecified atom stereocenters. The minimum Gasteiger partial charge on any atom is -0.497 e. The number of aryl methyl sites for hydroxylation is 2. The minimum absolute atomic E-state index is 0.0808. The third-order valence-corrected chi connectivity index (χ3v) is 4.58. The van der Waals surface area contributed by atoms with Gasteiger partial charge in [0.25, 0.3) is 0 Å². The molecule has 1 heterocycles. The van der Waals surface area contributed by atoms with Crippen molar-refractivity contribution in [3.05, 3.63) is 46.8 Å². The number of aliphatic hydroxyl groups excluding tert-OH is 1. The molecule has 0 spiro atoms. The van der Waals surface area contributed by atoms with E-state index in [9.17, 15) is 9.90 Å². The summed E-state index contributed by atoms with van der Waals surface area (Å²) in [5.74, 6) is 0.651. The largest absolute Gasteiger partial charge is 0.497 e. The molecule has 1 aromatic carbocycles. The van der Waals surface area contributed by atoms with Crippen molar-refractivity contribution < 1.29 is 14.6 Å². The number of amides is 1. The number of hydrogen-bond donors (Lipinski definition) is 2. The Hall–Kier alpha value is -2.34. The van der Waals surface area contributed by atoms with Crippen LogP contribution in [-0.2, 0) is 18.3 Å². The molecular weight excluding hydrogens is 318 g/mol. The van der Waals surface area contributed by atoms with E-state index in [4.69, 9.17) is 4.74 Å². The van der Waals surface area contributed by atoms with Crippen LogP contribution >= 0.6 is 0 Å². The average molecular weight is 345 g/mol. The van der Waals surface area contributed by atoms with Crippen LogP contribution in [0.1, 0.15) is 42.0 Å². The quantitative estimate of drug-likeness (QED) is 0.807. The highest BCUT2D eigenvalue weighted by atomic mass is 16.5. The summed E-state index contributed by atoms with van der Waals surface area (Å²) in [5.41, 5.74) is 3.89. The van der Waals surface area contributed by atoms with Crippen molar-refractivity contribution in [1.29, 1.82) is 0 Å². The summed E-state index contributed by atoms with van der Waals surface area (Å²) >= 11 is 0. The Bertz CT molecular complexity index is 722. The van der Waals surface area contributed by atoms with Crippen LogP contribution in [0.4, 0.5) is 0 Å². The molecule has 25 heavy (non-hydrogen) atoms. The van der Waals surface area contributed by atoms with Gasteiger partial charge >= 0.3 is 0 Å². The van der Waals surface area contributed by atoms with Crippen LogP contribution in [0.15, 0.2) is 24.3 Å². The van der Waals surface area contributed by atoms with Crippen molar-refractivity contribution in [2.45, 2.75) is 45.8 Å². The Labute approximate surface area is 148 Å². The van der Waals surface area contributed by atoms with E-state index in [2.05, 4.69) is 10.4 Å². The maximum absolute atomic E-state index is 12.2. The molecule has 6 nitrogen and oxygen atoms in total. The van der Waals surface area contributed by atoms with Crippen LogP contribution in [0.2, 0.25) is 0 Å². The average Bonchev–Trinajstić information content (AvgIpc) is 2.84. The fourth-order valence-electron chi connectivity index (χ4n) is 2.91. The van der Waals surface area contributed by atoms with Gasteiger partial charge in [-0.05, 0) is 50.5 Å². The third-order valence-electron chi connectivity index (χ3n) is 4.58. The van der Waals surface area contributed by atoms with Gasteiger partial charge < -0.3 is 15.2 Å². The van der Waals surface area contributed by atoms with E-state index >= 15 is 0 Å².